The lowest BCUT2D eigenvalue weighted by molar-refractivity contribution is -0.527. The van der Waals surface area contributed by atoms with Gasteiger partial charge in [-0.25, -0.2) is 9.68 Å². The smallest absolute Gasteiger partial charge is 0.112 e. The summed E-state index contributed by atoms with van der Waals surface area (Å²) in [7, 11) is 1.51. The Labute approximate surface area is 92.7 Å². The first-order valence-electron chi connectivity index (χ1n) is 4.67. The van der Waals surface area contributed by atoms with Crippen LogP contribution >= 0.6 is 0 Å². The number of methoxy groups -OCH3 is 1. The maximum absolute atomic E-state index is 8.48. The van der Waals surface area contributed by atoms with E-state index in [-0.39, 0.29) is 12.7 Å². The maximum Gasteiger partial charge on any atom is 0.112 e. The first kappa shape index (κ1) is 15.6. The summed E-state index contributed by atoms with van der Waals surface area (Å²) in [6, 6.07) is 0. The molecule has 4 N–H and O–H groups in total. The molecule has 0 fully saturated rings. The van der Waals surface area contributed by atoms with Gasteiger partial charge in [-0.15, -0.1) is 0 Å². The highest BCUT2D eigenvalue weighted by molar-refractivity contribution is 4.63. The van der Waals surface area contributed by atoms with E-state index in [0.717, 1.165) is 0 Å². The van der Waals surface area contributed by atoms with Crippen molar-refractivity contribution in [3.8, 4) is 0 Å². The molecule has 0 saturated heterocycles. The molecule has 9 nitrogen and oxygen atoms in total. The van der Waals surface area contributed by atoms with Gasteiger partial charge in [0.2, 0.25) is 0 Å². The van der Waals surface area contributed by atoms with Crippen LogP contribution in [-0.4, -0.2) is 57.5 Å². The second-order valence-corrected chi connectivity index (χ2v) is 3.03. The van der Waals surface area contributed by atoms with Gasteiger partial charge in [-0.3, -0.25) is 20.8 Å². The van der Waals surface area contributed by atoms with Gasteiger partial charge in [-0.05, 0) is 6.42 Å². The van der Waals surface area contributed by atoms with Crippen molar-refractivity contribution in [1.82, 2.24) is 10.8 Å². The number of hydrogen-bond acceptors (Lipinski definition) is 9. The van der Waals surface area contributed by atoms with Crippen LogP contribution in [0.1, 0.15) is 19.8 Å². The Bertz CT molecular complexity index is 165. The lowest BCUT2D eigenvalue weighted by Gasteiger charge is -2.22. The van der Waals surface area contributed by atoms with Crippen molar-refractivity contribution in [1.29, 1.82) is 0 Å². The van der Waals surface area contributed by atoms with Crippen LogP contribution in [0.25, 0.3) is 0 Å². The molecule has 0 aliphatic carbocycles. The van der Waals surface area contributed by atoms with E-state index in [1.54, 1.807) is 0 Å². The number of rotatable bonds is 9. The van der Waals surface area contributed by atoms with Gasteiger partial charge in [0, 0.05) is 13.5 Å². The zero-order chi connectivity index (χ0) is 12.6. The molecule has 16 heavy (non-hydrogen) atoms. The van der Waals surface area contributed by atoms with E-state index < -0.39 is 16.9 Å². The quantitative estimate of drug-likeness (QED) is 0.420. The normalized spacial score (nSPS) is 15.8. The molecule has 2 atom stereocenters. The first-order chi connectivity index (χ1) is 7.49. The predicted octanol–water partition coefficient (Wildman–Crippen LogP) is 0.194. The minimum atomic E-state index is -0.804. The molecular formula is C7H18N2O7. The molecule has 98 valence electrons. The third-order valence-electron chi connectivity index (χ3n) is 1.93. The standard InChI is InChI=1S/C7H18N2O7/c1-3-6(14-2)4-7(16-9(12)13)5-15-8(10)11/h6-7,10-13H,3-5H2,1-2H3. The molecule has 0 aromatic heterocycles. The van der Waals surface area contributed by atoms with Gasteiger partial charge in [-0.1, -0.05) is 6.92 Å². The van der Waals surface area contributed by atoms with E-state index in [1.807, 2.05) is 6.92 Å². The van der Waals surface area contributed by atoms with Gasteiger partial charge >= 0.3 is 0 Å². The zero-order valence-corrected chi connectivity index (χ0v) is 9.18. The van der Waals surface area contributed by atoms with E-state index in [0.29, 0.717) is 12.8 Å². The van der Waals surface area contributed by atoms with Crippen LogP contribution in [0.4, 0.5) is 0 Å². The average molecular weight is 242 g/mol. The van der Waals surface area contributed by atoms with Crippen molar-refractivity contribution in [2.45, 2.75) is 32.0 Å². The molecule has 0 aromatic rings. The third kappa shape index (κ3) is 7.87. The largest absolute Gasteiger partial charge is 0.381 e. The minimum Gasteiger partial charge on any atom is -0.381 e. The molecule has 0 aliphatic rings. The monoisotopic (exact) mass is 242 g/mol. The second-order valence-electron chi connectivity index (χ2n) is 3.03. The molecule has 0 aromatic carbocycles. The van der Waals surface area contributed by atoms with Crippen LogP contribution in [0.2, 0.25) is 0 Å². The highest BCUT2D eigenvalue weighted by atomic mass is 17.1. The number of ether oxygens (including phenoxy) is 1. The summed E-state index contributed by atoms with van der Waals surface area (Å²) >= 11 is 0. The topological polar surface area (TPSA) is 115 Å². The number of hydrogen-bond donors (Lipinski definition) is 4. The molecule has 0 bridgehead atoms. The Hall–Kier alpha value is -0.360. The summed E-state index contributed by atoms with van der Waals surface area (Å²) in [4.78, 5) is 8.84. The molecule has 0 spiro atoms. The van der Waals surface area contributed by atoms with Gasteiger partial charge in [0.05, 0.1) is 16.9 Å². The Kier molecular flexibility index (Phi) is 8.56. The lowest BCUT2D eigenvalue weighted by atomic mass is 10.1. The third-order valence-corrected chi connectivity index (χ3v) is 1.93. The lowest BCUT2D eigenvalue weighted by Crippen LogP contribution is -2.34. The summed E-state index contributed by atoms with van der Waals surface area (Å²) in [5, 5.41) is 32.7. The highest BCUT2D eigenvalue weighted by Crippen LogP contribution is 2.10. The summed E-state index contributed by atoms with van der Waals surface area (Å²) < 4.78 is 5.06. The Balaban J connectivity index is 4.07. The molecule has 9 heteroatoms. The fourth-order valence-corrected chi connectivity index (χ4v) is 1.15. The number of nitrogens with zero attached hydrogens (tertiary/aromatic N) is 2. The summed E-state index contributed by atoms with van der Waals surface area (Å²) in [6.45, 7) is 1.59. The average Bonchev–Trinajstić information content (AvgIpc) is 2.21. The van der Waals surface area contributed by atoms with Crippen molar-refractivity contribution in [3.05, 3.63) is 0 Å². The Morgan fingerprint density at radius 3 is 2.06 bits per heavy atom. The highest BCUT2D eigenvalue weighted by Gasteiger charge is 2.19. The van der Waals surface area contributed by atoms with Gasteiger partial charge in [0.15, 0.2) is 0 Å². The van der Waals surface area contributed by atoms with Gasteiger partial charge in [0.1, 0.15) is 12.7 Å². The van der Waals surface area contributed by atoms with E-state index >= 15 is 0 Å². The zero-order valence-electron chi connectivity index (χ0n) is 9.18. The van der Waals surface area contributed by atoms with Gasteiger partial charge < -0.3 is 4.74 Å². The van der Waals surface area contributed by atoms with Crippen molar-refractivity contribution >= 4 is 0 Å². The molecule has 0 heterocycles. The van der Waals surface area contributed by atoms with Crippen LogP contribution in [0, 0.1) is 0 Å². The molecular weight excluding hydrogens is 224 g/mol. The first-order valence-corrected chi connectivity index (χ1v) is 4.67. The summed E-state index contributed by atoms with van der Waals surface area (Å²) in [6.07, 6.45) is 0.00859. The fourth-order valence-electron chi connectivity index (χ4n) is 1.15. The SMILES string of the molecule is CCC(CC(CON(O)O)ON(O)O)OC. The van der Waals surface area contributed by atoms with Crippen molar-refractivity contribution in [2.75, 3.05) is 13.7 Å². The molecule has 2 unspecified atom stereocenters. The van der Waals surface area contributed by atoms with Crippen LogP contribution in [-0.2, 0) is 14.4 Å². The molecule has 0 amide bonds. The summed E-state index contributed by atoms with van der Waals surface area (Å²) in [5.41, 5.74) is 0. The molecule has 0 radical (unpaired) electrons. The van der Waals surface area contributed by atoms with Crippen molar-refractivity contribution in [3.63, 3.8) is 0 Å². The van der Waals surface area contributed by atoms with E-state index in [9.17, 15) is 0 Å². The van der Waals surface area contributed by atoms with E-state index in [2.05, 4.69) is 9.68 Å². The molecule has 0 aliphatic heterocycles. The van der Waals surface area contributed by atoms with E-state index in [1.165, 1.54) is 7.11 Å². The van der Waals surface area contributed by atoms with Crippen LogP contribution in [0.5, 0.6) is 0 Å². The minimum absolute atomic E-state index is 0.167. The Morgan fingerprint density at radius 1 is 1.06 bits per heavy atom. The van der Waals surface area contributed by atoms with Crippen molar-refractivity contribution in [2.24, 2.45) is 0 Å². The van der Waals surface area contributed by atoms with Gasteiger partial charge in [0.25, 0.3) is 0 Å². The molecule has 0 rings (SSSR count). The second kappa shape index (κ2) is 8.75. The predicted molar refractivity (Wildman–Crippen MR) is 47.4 cm³/mol. The van der Waals surface area contributed by atoms with E-state index in [4.69, 9.17) is 25.6 Å². The Morgan fingerprint density at radius 2 is 1.69 bits per heavy atom. The van der Waals surface area contributed by atoms with Gasteiger partial charge in [-0.2, -0.15) is 0 Å². The van der Waals surface area contributed by atoms with Crippen molar-refractivity contribution < 1.29 is 35.2 Å². The van der Waals surface area contributed by atoms with Crippen LogP contribution in [0.3, 0.4) is 0 Å². The summed E-state index contributed by atoms with van der Waals surface area (Å²) in [5.74, 6) is 0. The van der Waals surface area contributed by atoms with Crippen LogP contribution in [0.15, 0.2) is 0 Å². The maximum atomic E-state index is 8.48. The molecule has 0 saturated carbocycles. The fraction of sp³-hybridized carbons (Fsp3) is 1.00. The van der Waals surface area contributed by atoms with Crippen LogP contribution < -0.4 is 0 Å².